The standard InChI is InChI=1S/C20H28N2O2/c1-15(2)17-8-5-16(6-9-17)7-10-19(23)22-13-11-18(12-14-22)20(24)21(3)4/h5-10,15,18H,11-14H2,1-4H3/b10-7+. The van der Waals surface area contributed by atoms with Gasteiger partial charge in [0, 0.05) is 39.2 Å². The molecule has 0 aliphatic carbocycles. The maximum absolute atomic E-state index is 12.3. The summed E-state index contributed by atoms with van der Waals surface area (Å²) in [5.74, 6) is 0.758. The van der Waals surface area contributed by atoms with Gasteiger partial charge in [-0.15, -0.1) is 0 Å². The second-order valence-electron chi connectivity index (χ2n) is 6.99. The van der Waals surface area contributed by atoms with Crippen molar-refractivity contribution in [1.82, 2.24) is 9.80 Å². The van der Waals surface area contributed by atoms with Crippen LogP contribution in [0.1, 0.15) is 43.7 Å². The summed E-state index contributed by atoms with van der Waals surface area (Å²) < 4.78 is 0. The molecule has 1 aliphatic heterocycles. The van der Waals surface area contributed by atoms with Crippen molar-refractivity contribution in [1.29, 1.82) is 0 Å². The SMILES string of the molecule is CC(C)c1ccc(/C=C/C(=O)N2CCC(C(=O)N(C)C)CC2)cc1. The Labute approximate surface area is 145 Å². The van der Waals surface area contributed by atoms with E-state index in [0.717, 1.165) is 18.4 Å². The van der Waals surface area contributed by atoms with E-state index < -0.39 is 0 Å². The largest absolute Gasteiger partial charge is 0.349 e. The van der Waals surface area contributed by atoms with Crippen LogP contribution >= 0.6 is 0 Å². The van der Waals surface area contributed by atoms with Crippen molar-refractivity contribution in [3.63, 3.8) is 0 Å². The average Bonchev–Trinajstić information content (AvgIpc) is 2.59. The maximum Gasteiger partial charge on any atom is 0.246 e. The normalized spacial score (nSPS) is 16.0. The third-order valence-corrected chi connectivity index (χ3v) is 4.62. The Kier molecular flexibility index (Phi) is 6.18. The van der Waals surface area contributed by atoms with Gasteiger partial charge in [0.1, 0.15) is 0 Å². The fraction of sp³-hybridized carbons (Fsp3) is 0.500. The molecule has 130 valence electrons. The molecule has 1 heterocycles. The minimum absolute atomic E-state index is 0.0266. The van der Waals surface area contributed by atoms with Crippen molar-refractivity contribution in [2.75, 3.05) is 27.2 Å². The maximum atomic E-state index is 12.3. The van der Waals surface area contributed by atoms with Crippen LogP contribution < -0.4 is 0 Å². The van der Waals surface area contributed by atoms with E-state index in [1.165, 1.54) is 5.56 Å². The van der Waals surface area contributed by atoms with Crippen LogP contribution in [0, 0.1) is 5.92 Å². The molecule has 1 fully saturated rings. The summed E-state index contributed by atoms with van der Waals surface area (Å²) in [6, 6.07) is 8.29. The Hall–Kier alpha value is -2.10. The summed E-state index contributed by atoms with van der Waals surface area (Å²) in [6.45, 7) is 5.64. The predicted octanol–water partition coefficient (Wildman–Crippen LogP) is 3.15. The number of carbonyl (C=O) groups excluding carboxylic acids is 2. The Morgan fingerprint density at radius 3 is 2.21 bits per heavy atom. The molecule has 2 rings (SSSR count). The van der Waals surface area contributed by atoms with Crippen LogP contribution in [0.5, 0.6) is 0 Å². The summed E-state index contributed by atoms with van der Waals surface area (Å²) in [6.07, 6.45) is 5.00. The Morgan fingerprint density at radius 2 is 1.71 bits per heavy atom. The van der Waals surface area contributed by atoms with E-state index in [9.17, 15) is 9.59 Å². The average molecular weight is 328 g/mol. The van der Waals surface area contributed by atoms with E-state index in [0.29, 0.717) is 19.0 Å². The predicted molar refractivity (Wildman–Crippen MR) is 97.6 cm³/mol. The van der Waals surface area contributed by atoms with Crippen molar-refractivity contribution in [3.8, 4) is 0 Å². The molecule has 0 atom stereocenters. The van der Waals surface area contributed by atoms with Gasteiger partial charge in [-0.3, -0.25) is 9.59 Å². The molecule has 0 unspecified atom stereocenters. The Morgan fingerprint density at radius 1 is 1.12 bits per heavy atom. The topological polar surface area (TPSA) is 40.6 Å². The van der Waals surface area contributed by atoms with Crippen molar-refractivity contribution in [2.45, 2.75) is 32.6 Å². The molecule has 0 spiro atoms. The number of amides is 2. The van der Waals surface area contributed by atoms with Crippen molar-refractivity contribution < 1.29 is 9.59 Å². The van der Waals surface area contributed by atoms with Crippen molar-refractivity contribution >= 4 is 17.9 Å². The van der Waals surface area contributed by atoms with Gasteiger partial charge in [0.05, 0.1) is 0 Å². The highest BCUT2D eigenvalue weighted by atomic mass is 16.2. The fourth-order valence-electron chi connectivity index (χ4n) is 2.98. The second-order valence-corrected chi connectivity index (χ2v) is 6.99. The molecule has 1 aliphatic rings. The summed E-state index contributed by atoms with van der Waals surface area (Å²) in [4.78, 5) is 27.7. The Balaban J connectivity index is 1.88. The van der Waals surface area contributed by atoms with Crippen LogP contribution in [-0.2, 0) is 9.59 Å². The van der Waals surface area contributed by atoms with Gasteiger partial charge in [-0.1, -0.05) is 38.1 Å². The third-order valence-electron chi connectivity index (χ3n) is 4.62. The summed E-state index contributed by atoms with van der Waals surface area (Å²) >= 11 is 0. The van der Waals surface area contributed by atoms with Gasteiger partial charge in [0.2, 0.25) is 11.8 Å². The minimum Gasteiger partial charge on any atom is -0.349 e. The van der Waals surface area contributed by atoms with E-state index >= 15 is 0 Å². The van der Waals surface area contributed by atoms with Crippen molar-refractivity contribution in [3.05, 3.63) is 41.5 Å². The summed E-state index contributed by atoms with van der Waals surface area (Å²) in [5.41, 5.74) is 2.33. The fourth-order valence-corrected chi connectivity index (χ4v) is 2.98. The quantitative estimate of drug-likeness (QED) is 0.797. The highest BCUT2D eigenvalue weighted by Gasteiger charge is 2.27. The monoisotopic (exact) mass is 328 g/mol. The van der Waals surface area contributed by atoms with Crippen LogP contribution in [0.15, 0.2) is 30.3 Å². The first-order chi connectivity index (χ1) is 11.4. The number of hydrogen-bond donors (Lipinski definition) is 0. The number of rotatable bonds is 4. The molecule has 4 heteroatoms. The molecule has 0 bridgehead atoms. The molecule has 2 amide bonds. The van der Waals surface area contributed by atoms with E-state index in [-0.39, 0.29) is 17.7 Å². The number of piperidine rings is 1. The minimum atomic E-state index is 0.0266. The van der Waals surface area contributed by atoms with E-state index in [4.69, 9.17) is 0 Å². The first-order valence-corrected chi connectivity index (χ1v) is 8.66. The van der Waals surface area contributed by atoms with E-state index in [1.807, 2.05) is 23.1 Å². The summed E-state index contributed by atoms with van der Waals surface area (Å²) in [7, 11) is 3.57. The Bertz CT molecular complexity index is 595. The van der Waals surface area contributed by atoms with Gasteiger partial charge in [-0.25, -0.2) is 0 Å². The molecule has 0 aromatic heterocycles. The molecular formula is C20H28N2O2. The van der Waals surface area contributed by atoms with Crippen molar-refractivity contribution in [2.24, 2.45) is 5.92 Å². The lowest BCUT2D eigenvalue weighted by molar-refractivity contribution is -0.137. The molecular weight excluding hydrogens is 300 g/mol. The molecule has 1 aromatic carbocycles. The zero-order valence-electron chi connectivity index (χ0n) is 15.2. The lowest BCUT2D eigenvalue weighted by Gasteiger charge is -2.31. The van der Waals surface area contributed by atoms with Crippen LogP contribution in [-0.4, -0.2) is 48.8 Å². The molecule has 1 saturated heterocycles. The highest BCUT2D eigenvalue weighted by molar-refractivity contribution is 5.92. The lowest BCUT2D eigenvalue weighted by atomic mass is 9.95. The number of carbonyl (C=O) groups is 2. The second kappa shape index (κ2) is 8.13. The molecule has 24 heavy (non-hydrogen) atoms. The van der Waals surface area contributed by atoms with Gasteiger partial charge >= 0.3 is 0 Å². The van der Waals surface area contributed by atoms with E-state index in [2.05, 4.69) is 26.0 Å². The highest BCUT2D eigenvalue weighted by Crippen LogP contribution is 2.19. The number of benzene rings is 1. The zero-order valence-corrected chi connectivity index (χ0v) is 15.2. The lowest BCUT2D eigenvalue weighted by Crippen LogP contribution is -2.42. The zero-order chi connectivity index (χ0) is 17.7. The molecule has 1 aromatic rings. The first kappa shape index (κ1) is 18.2. The smallest absolute Gasteiger partial charge is 0.246 e. The van der Waals surface area contributed by atoms with Crippen LogP contribution in [0.4, 0.5) is 0 Å². The van der Waals surface area contributed by atoms with Gasteiger partial charge < -0.3 is 9.80 Å². The van der Waals surface area contributed by atoms with E-state index in [1.54, 1.807) is 25.1 Å². The molecule has 0 N–H and O–H groups in total. The van der Waals surface area contributed by atoms with Crippen LogP contribution in [0.3, 0.4) is 0 Å². The molecule has 0 radical (unpaired) electrons. The van der Waals surface area contributed by atoms with Gasteiger partial charge in [-0.05, 0) is 36.0 Å². The van der Waals surface area contributed by atoms with Gasteiger partial charge in [0.25, 0.3) is 0 Å². The first-order valence-electron chi connectivity index (χ1n) is 8.66. The number of hydrogen-bond acceptors (Lipinski definition) is 2. The number of likely N-dealkylation sites (tertiary alicyclic amines) is 1. The van der Waals surface area contributed by atoms with Crippen LogP contribution in [0.25, 0.3) is 6.08 Å². The third kappa shape index (κ3) is 4.70. The molecule has 0 saturated carbocycles. The van der Waals surface area contributed by atoms with Gasteiger partial charge in [-0.2, -0.15) is 0 Å². The summed E-state index contributed by atoms with van der Waals surface area (Å²) in [5, 5.41) is 0. The van der Waals surface area contributed by atoms with Gasteiger partial charge in [0.15, 0.2) is 0 Å². The number of nitrogens with zero attached hydrogens (tertiary/aromatic N) is 2. The molecule has 4 nitrogen and oxygen atoms in total. The van der Waals surface area contributed by atoms with Crippen LogP contribution in [0.2, 0.25) is 0 Å².